The number of aryl methyl sites for hydroxylation is 1. The van der Waals surface area contributed by atoms with E-state index in [0.717, 1.165) is 65.1 Å². The number of carbonyl (C=O) groups is 1. The zero-order chi connectivity index (χ0) is 20.0. The standard InChI is InChI=1S/C20H25N3OS.C2H6/c1-5-22-10-12-23(13-11-22)15(3)19-14(2)21-20(25-19)18-8-6-17(7-9-18)16(4)24;1-2/h6-9H,3,5,10-13H2,1-2,4H3;1-2H3. The minimum Gasteiger partial charge on any atom is -0.368 e. The first-order valence-corrected chi connectivity index (χ1v) is 10.6. The first kappa shape index (κ1) is 21.3. The molecule has 0 saturated carbocycles. The summed E-state index contributed by atoms with van der Waals surface area (Å²) in [6.45, 7) is 19.5. The van der Waals surface area contributed by atoms with Gasteiger partial charge in [-0.25, -0.2) is 4.98 Å². The van der Waals surface area contributed by atoms with E-state index in [2.05, 4.69) is 23.3 Å². The average Bonchev–Trinajstić information content (AvgIpc) is 3.10. The number of piperazine rings is 1. The van der Waals surface area contributed by atoms with Crippen LogP contribution in [0.4, 0.5) is 0 Å². The summed E-state index contributed by atoms with van der Waals surface area (Å²) in [7, 11) is 0. The first-order valence-electron chi connectivity index (χ1n) is 9.75. The lowest BCUT2D eigenvalue weighted by atomic mass is 10.1. The van der Waals surface area contributed by atoms with Crippen LogP contribution in [0.1, 0.15) is 48.6 Å². The second-order valence-corrected chi connectivity index (χ2v) is 7.43. The molecule has 3 rings (SSSR count). The molecule has 4 nitrogen and oxygen atoms in total. The summed E-state index contributed by atoms with van der Waals surface area (Å²) in [6, 6.07) is 7.68. The molecule has 27 heavy (non-hydrogen) atoms. The fourth-order valence-electron chi connectivity index (χ4n) is 3.11. The number of Topliss-reactive ketones (excluding diaryl/α,β-unsaturated/α-hetero) is 1. The van der Waals surface area contributed by atoms with Crippen LogP contribution in [0.15, 0.2) is 30.8 Å². The Morgan fingerprint density at radius 1 is 1.15 bits per heavy atom. The third kappa shape index (κ3) is 5.05. The number of hydrogen-bond acceptors (Lipinski definition) is 5. The van der Waals surface area contributed by atoms with E-state index in [1.165, 1.54) is 0 Å². The SMILES string of the molecule is C=C(c1sc(-c2ccc(C(C)=O)cc2)nc1C)N1CCN(CC)CC1.CC. The van der Waals surface area contributed by atoms with Gasteiger partial charge in [0.05, 0.1) is 10.6 Å². The summed E-state index contributed by atoms with van der Waals surface area (Å²) in [5.41, 5.74) is 3.89. The van der Waals surface area contributed by atoms with Crippen molar-refractivity contribution >= 4 is 22.8 Å². The molecular formula is C22H31N3OS. The maximum Gasteiger partial charge on any atom is 0.159 e. The molecule has 0 atom stereocenters. The van der Waals surface area contributed by atoms with Gasteiger partial charge in [0.25, 0.3) is 0 Å². The number of benzene rings is 1. The second kappa shape index (κ2) is 9.81. The molecule has 1 saturated heterocycles. The monoisotopic (exact) mass is 385 g/mol. The zero-order valence-corrected chi connectivity index (χ0v) is 18.0. The van der Waals surface area contributed by atoms with Gasteiger partial charge in [-0.05, 0) is 20.4 Å². The molecule has 1 fully saturated rings. The molecule has 2 aromatic rings. The summed E-state index contributed by atoms with van der Waals surface area (Å²) in [6.07, 6.45) is 0. The van der Waals surface area contributed by atoms with Gasteiger partial charge in [-0.3, -0.25) is 4.79 Å². The fourth-order valence-corrected chi connectivity index (χ4v) is 4.18. The number of ketones is 1. The van der Waals surface area contributed by atoms with Crippen LogP contribution < -0.4 is 0 Å². The fraction of sp³-hybridized carbons (Fsp3) is 0.455. The Hall–Kier alpha value is -1.98. The van der Waals surface area contributed by atoms with Gasteiger partial charge in [0.1, 0.15) is 5.01 Å². The van der Waals surface area contributed by atoms with E-state index in [9.17, 15) is 4.79 Å². The number of likely N-dealkylation sites (N-methyl/N-ethyl adjacent to an activating group) is 1. The Kier molecular flexibility index (Phi) is 7.75. The molecule has 2 heterocycles. The normalized spacial score (nSPS) is 14.5. The number of carbonyl (C=O) groups excluding carboxylic acids is 1. The molecule has 1 aromatic heterocycles. The first-order chi connectivity index (χ1) is 13.0. The van der Waals surface area contributed by atoms with E-state index < -0.39 is 0 Å². The van der Waals surface area contributed by atoms with Gasteiger partial charge in [-0.1, -0.05) is 51.6 Å². The predicted molar refractivity (Wildman–Crippen MR) is 116 cm³/mol. The molecule has 0 unspecified atom stereocenters. The van der Waals surface area contributed by atoms with Gasteiger partial charge in [0.15, 0.2) is 5.78 Å². The molecule has 5 heteroatoms. The lowest BCUT2D eigenvalue weighted by molar-refractivity contribution is 0.101. The van der Waals surface area contributed by atoms with Crippen molar-refractivity contribution in [2.75, 3.05) is 32.7 Å². The highest BCUT2D eigenvalue weighted by atomic mass is 32.1. The van der Waals surface area contributed by atoms with Crippen LogP contribution in [0.5, 0.6) is 0 Å². The third-order valence-corrected chi connectivity index (χ3v) is 6.05. The van der Waals surface area contributed by atoms with Crippen molar-refractivity contribution in [1.82, 2.24) is 14.8 Å². The topological polar surface area (TPSA) is 36.4 Å². The van der Waals surface area contributed by atoms with E-state index >= 15 is 0 Å². The molecule has 0 amide bonds. The van der Waals surface area contributed by atoms with E-state index in [1.54, 1.807) is 18.3 Å². The van der Waals surface area contributed by atoms with Crippen LogP contribution in [0.25, 0.3) is 16.3 Å². The molecule has 0 spiro atoms. The van der Waals surface area contributed by atoms with Gasteiger partial charge < -0.3 is 9.80 Å². The average molecular weight is 386 g/mol. The second-order valence-electron chi connectivity index (χ2n) is 6.44. The molecule has 1 aromatic carbocycles. The summed E-state index contributed by atoms with van der Waals surface area (Å²) in [5.74, 6) is 0.0853. The Labute approximate surface area is 167 Å². The Bertz CT molecular complexity index is 771. The van der Waals surface area contributed by atoms with Crippen molar-refractivity contribution in [2.24, 2.45) is 0 Å². The summed E-state index contributed by atoms with van der Waals surface area (Å²) < 4.78 is 0. The molecule has 0 aliphatic carbocycles. The molecule has 0 radical (unpaired) electrons. The lowest BCUT2D eigenvalue weighted by Gasteiger charge is -2.36. The predicted octanol–water partition coefficient (Wildman–Crippen LogP) is 4.96. The van der Waals surface area contributed by atoms with Gasteiger partial charge in [0.2, 0.25) is 0 Å². The van der Waals surface area contributed by atoms with Crippen molar-refractivity contribution in [1.29, 1.82) is 0 Å². The quantitative estimate of drug-likeness (QED) is 0.682. The Morgan fingerprint density at radius 2 is 1.74 bits per heavy atom. The van der Waals surface area contributed by atoms with E-state index in [-0.39, 0.29) is 5.78 Å². The highest BCUT2D eigenvalue weighted by molar-refractivity contribution is 7.16. The lowest BCUT2D eigenvalue weighted by Crippen LogP contribution is -2.44. The molecule has 146 valence electrons. The van der Waals surface area contributed by atoms with Crippen LogP contribution in [0.2, 0.25) is 0 Å². The molecule has 0 N–H and O–H groups in total. The minimum absolute atomic E-state index is 0.0853. The van der Waals surface area contributed by atoms with Crippen LogP contribution in [-0.4, -0.2) is 53.3 Å². The van der Waals surface area contributed by atoms with Crippen LogP contribution >= 0.6 is 11.3 Å². The van der Waals surface area contributed by atoms with E-state index in [0.29, 0.717) is 0 Å². The van der Waals surface area contributed by atoms with E-state index in [1.807, 2.05) is 45.0 Å². The highest BCUT2D eigenvalue weighted by Gasteiger charge is 2.21. The number of rotatable bonds is 5. The largest absolute Gasteiger partial charge is 0.368 e. The van der Waals surface area contributed by atoms with Crippen molar-refractivity contribution in [3.05, 3.63) is 47.0 Å². The highest BCUT2D eigenvalue weighted by Crippen LogP contribution is 2.33. The molecule has 1 aliphatic rings. The van der Waals surface area contributed by atoms with Crippen LogP contribution in [0.3, 0.4) is 0 Å². The van der Waals surface area contributed by atoms with Crippen LogP contribution in [0, 0.1) is 6.92 Å². The molecule has 1 aliphatic heterocycles. The van der Waals surface area contributed by atoms with Crippen molar-refractivity contribution < 1.29 is 4.79 Å². The Morgan fingerprint density at radius 3 is 2.26 bits per heavy atom. The number of nitrogens with zero attached hydrogens (tertiary/aromatic N) is 3. The zero-order valence-electron chi connectivity index (χ0n) is 17.2. The number of hydrogen-bond donors (Lipinski definition) is 0. The Balaban J connectivity index is 0.00000126. The smallest absolute Gasteiger partial charge is 0.159 e. The summed E-state index contributed by atoms with van der Waals surface area (Å²) in [5, 5.41) is 0.982. The van der Waals surface area contributed by atoms with E-state index in [4.69, 9.17) is 4.98 Å². The van der Waals surface area contributed by atoms with Gasteiger partial charge in [-0.2, -0.15) is 0 Å². The van der Waals surface area contributed by atoms with Crippen LogP contribution in [-0.2, 0) is 0 Å². The molecule has 0 bridgehead atoms. The number of aromatic nitrogens is 1. The molecular weight excluding hydrogens is 354 g/mol. The van der Waals surface area contributed by atoms with Gasteiger partial charge in [0, 0.05) is 43.0 Å². The summed E-state index contributed by atoms with van der Waals surface area (Å²) in [4.78, 5) is 22.2. The van der Waals surface area contributed by atoms with Crippen molar-refractivity contribution in [2.45, 2.75) is 34.6 Å². The maximum atomic E-state index is 11.4. The minimum atomic E-state index is 0.0853. The van der Waals surface area contributed by atoms with Gasteiger partial charge in [-0.15, -0.1) is 11.3 Å². The number of thiazole rings is 1. The van der Waals surface area contributed by atoms with Crippen molar-refractivity contribution in [3.8, 4) is 10.6 Å². The van der Waals surface area contributed by atoms with Gasteiger partial charge >= 0.3 is 0 Å². The third-order valence-electron chi connectivity index (χ3n) is 4.80. The van der Waals surface area contributed by atoms with Crippen molar-refractivity contribution in [3.63, 3.8) is 0 Å². The summed E-state index contributed by atoms with van der Waals surface area (Å²) >= 11 is 1.68. The maximum absolute atomic E-state index is 11.4.